The highest BCUT2D eigenvalue weighted by molar-refractivity contribution is 8.00. The maximum absolute atomic E-state index is 11.2. The summed E-state index contributed by atoms with van der Waals surface area (Å²) in [4.78, 5) is 26.3. The largest absolute Gasteiger partial charge is 0.394 e. The summed E-state index contributed by atoms with van der Waals surface area (Å²) >= 11 is 1.84. The molecule has 0 aliphatic carbocycles. The van der Waals surface area contributed by atoms with E-state index >= 15 is 0 Å². The fraction of sp³-hybridized carbons (Fsp3) is 0.800. The van der Waals surface area contributed by atoms with E-state index in [9.17, 15) is 9.59 Å². The van der Waals surface area contributed by atoms with Crippen LogP contribution in [0.1, 0.15) is 19.3 Å². The number of urea groups is 1. The molecule has 0 radical (unpaired) electrons. The molecule has 134 valence electrons. The predicted octanol–water partition coefficient (Wildman–Crippen LogP) is -1.59. The first kappa shape index (κ1) is 19.9. The van der Waals surface area contributed by atoms with Crippen molar-refractivity contribution in [2.75, 3.05) is 5.75 Å². The third kappa shape index (κ3) is 7.32. The highest BCUT2D eigenvalue weighted by Crippen LogP contribution is 2.33. The van der Waals surface area contributed by atoms with Gasteiger partial charge in [-0.05, 0) is 12.8 Å². The number of nitrogens with two attached hydrogens (primary N) is 2. The molecule has 11 nitrogen and oxygen atoms in total. The summed E-state index contributed by atoms with van der Waals surface area (Å²) in [7, 11) is -4.67. The molecule has 0 bridgehead atoms. The van der Waals surface area contributed by atoms with E-state index in [2.05, 4.69) is 15.5 Å². The van der Waals surface area contributed by atoms with Crippen molar-refractivity contribution in [2.24, 2.45) is 11.6 Å². The molecule has 13 heteroatoms. The normalized spacial score (nSPS) is 27.1. The van der Waals surface area contributed by atoms with Crippen LogP contribution in [0.3, 0.4) is 0 Å². The summed E-state index contributed by atoms with van der Waals surface area (Å²) in [5, 5.41) is 6.19. The quantitative estimate of drug-likeness (QED) is 0.186. The van der Waals surface area contributed by atoms with Crippen molar-refractivity contribution < 1.29 is 31.9 Å². The minimum atomic E-state index is -4.67. The van der Waals surface area contributed by atoms with Gasteiger partial charge in [0, 0.05) is 11.0 Å². The number of thioether (sulfide) groups is 1. The van der Waals surface area contributed by atoms with Crippen molar-refractivity contribution in [3.63, 3.8) is 0 Å². The highest BCUT2D eigenvalue weighted by atomic mass is 32.3. The third-order valence-electron chi connectivity index (χ3n) is 3.36. The molecule has 0 aromatic heterocycles. The van der Waals surface area contributed by atoms with E-state index in [0.717, 1.165) is 18.6 Å². The van der Waals surface area contributed by atoms with Gasteiger partial charge in [-0.2, -0.15) is 26.1 Å². The van der Waals surface area contributed by atoms with Gasteiger partial charge in [0.15, 0.2) is 0 Å². The van der Waals surface area contributed by atoms with Crippen molar-refractivity contribution in [3.8, 4) is 0 Å². The molecule has 2 saturated heterocycles. The van der Waals surface area contributed by atoms with Crippen molar-refractivity contribution in [1.29, 1.82) is 0 Å². The fourth-order valence-electron chi connectivity index (χ4n) is 2.39. The summed E-state index contributed by atoms with van der Waals surface area (Å²) in [6.45, 7) is 0. The molecule has 2 fully saturated rings. The van der Waals surface area contributed by atoms with Crippen molar-refractivity contribution in [2.45, 2.75) is 42.6 Å². The second-order valence-corrected chi connectivity index (χ2v) is 7.21. The lowest BCUT2D eigenvalue weighted by atomic mass is 10.0. The Labute approximate surface area is 137 Å². The van der Waals surface area contributed by atoms with E-state index in [1.54, 1.807) is 0 Å². The van der Waals surface area contributed by atoms with Crippen molar-refractivity contribution in [3.05, 3.63) is 0 Å². The van der Waals surface area contributed by atoms with E-state index in [4.69, 9.17) is 29.2 Å². The molecule has 2 aliphatic heterocycles. The third-order valence-corrected chi connectivity index (χ3v) is 4.87. The first-order chi connectivity index (χ1) is 10.6. The molecule has 2 aliphatic rings. The molecular weight excluding hydrogens is 352 g/mol. The van der Waals surface area contributed by atoms with E-state index < -0.39 is 22.4 Å². The smallest absolute Gasteiger partial charge is 0.372 e. The van der Waals surface area contributed by atoms with Crippen LogP contribution < -0.4 is 22.3 Å². The molecular formula is C10H20N4O7S2. The highest BCUT2D eigenvalue weighted by Gasteiger charge is 2.42. The molecule has 0 aromatic rings. The Bertz CT molecular complexity index is 521. The van der Waals surface area contributed by atoms with Gasteiger partial charge in [-0.1, -0.05) is 6.42 Å². The van der Waals surface area contributed by atoms with Crippen LogP contribution in [0.15, 0.2) is 0 Å². The summed E-state index contributed by atoms with van der Waals surface area (Å²) in [5.41, 5.74) is 5.60. The zero-order valence-electron chi connectivity index (χ0n) is 12.0. The Morgan fingerprint density at radius 3 is 2.61 bits per heavy atom. The van der Waals surface area contributed by atoms with Crippen LogP contribution in [0, 0.1) is 0 Å². The maximum atomic E-state index is 11.2. The second kappa shape index (κ2) is 8.65. The lowest BCUT2D eigenvalue weighted by molar-refractivity contribution is -0.145. The van der Waals surface area contributed by atoms with E-state index in [0.29, 0.717) is 11.7 Å². The Balaban J connectivity index is 0.000000463. The molecule has 2 amide bonds. The summed E-state index contributed by atoms with van der Waals surface area (Å²) in [6.07, 6.45) is 2.28. The van der Waals surface area contributed by atoms with Gasteiger partial charge in [-0.3, -0.25) is 9.11 Å². The number of hydrogen-bond donors (Lipinski definition) is 6. The Kier molecular flexibility index (Phi) is 7.50. The zero-order chi connectivity index (χ0) is 17.6. The number of nitrogens with one attached hydrogen (secondary N) is 2. The Morgan fingerprint density at radius 1 is 1.43 bits per heavy atom. The molecule has 0 saturated carbocycles. The first-order valence-electron chi connectivity index (χ1n) is 6.66. The molecule has 0 spiro atoms. The van der Waals surface area contributed by atoms with Gasteiger partial charge >= 0.3 is 22.4 Å². The average molecular weight is 372 g/mol. The number of rotatable bonds is 5. The molecule has 8 N–H and O–H groups in total. The molecule has 2 rings (SSSR count). The maximum Gasteiger partial charge on any atom is 0.394 e. The van der Waals surface area contributed by atoms with Crippen molar-refractivity contribution in [1.82, 2.24) is 10.6 Å². The molecule has 2 heterocycles. The average Bonchev–Trinajstić information content (AvgIpc) is 2.96. The monoisotopic (exact) mass is 372 g/mol. The van der Waals surface area contributed by atoms with E-state index in [1.165, 1.54) is 0 Å². The summed E-state index contributed by atoms with van der Waals surface area (Å²) in [5.74, 6) is 5.12. The van der Waals surface area contributed by atoms with Gasteiger partial charge in [-0.25, -0.2) is 9.59 Å². The number of amides is 2. The van der Waals surface area contributed by atoms with Gasteiger partial charge in [-0.15, -0.1) is 0 Å². The number of carbonyl (C=O) groups is 2. The minimum Gasteiger partial charge on any atom is -0.372 e. The van der Waals surface area contributed by atoms with Crippen LogP contribution in [0.25, 0.3) is 0 Å². The lowest BCUT2D eigenvalue weighted by Gasteiger charge is -2.17. The van der Waals surface area contributed by atoms with Gasteiger partial charge in [0.2, 0.25) is 0 Å². The van der Waals surface area contributed by atoms with Crippen molar-refractivity contribution >= 4 is 34.2 Å². The Morgan fingerprint density at radius 2 is 2.04 bits per heavy atom. The van der Waals surface area contributed by atoms with E-state index in [1.807, 2.05) is 11.8 Å². The molecule has 4 atom stereocenters. The fourth-order valence-corrected chi connectivity index (χ4v) is 3.93. The summed E-state index contributed by atoms with van der Waals surface area (Å²) < 4.78 is 31.6. The SMILES string of the molecule is NOC(=O)C(N)CCC[C@@H]1SC[C@@H]2NC(=O)N[C@@H]21.O=S(=O)(O)O. The minimum absolute atomic E-state index is 0.0845. The van der Waals surface area contributed by atoms with Crippen LogP contribution in [0.5, 0.6) is 0 Å². The van der Waals surface area contributed by atoms with E-state index in [-0.39, 0.29) is 18.1 Å². The summed E-state index contributed by atoms with van der Waals surface area (Å²) in [6, 6.07) is -0.317. The lowest BCUT2D eigenvalue weighted by Crippen LogP contribution is -2.37. The van der Waals surface area contributed by atoms with Gasteiger partial charge in [0.05, 0.1) is 12.1 Å². The van der Waals surface area contributed by atoms with Crippen LogP contribution in [-0.4, -0.2) is 58.7 Å². The number of hydrogen-bond acceptors (Lipinski definition) is 8. The standard InChI is InChI=1S/C10H18N4O3S.H2O4S/c11-5(9(15)17-12)2-1-3-7-8-6(4-18-7)13-10(16)14-8;1-5(2,3)4/h5-8H,1-4,11-12H2,(H2,13,14,16);(H2,1,2,3,4)/t5?,6-,7-,8-;/m0./s1. The van der Waals surface area contributed by atoms with Gasteiger partial charge < -0.3 is 21.2 Å². The van der Waals surface area contributed by atoms with Crippen LogP contribution >= 0.6 is 11.8 Å². The van der Waals surface area contributed by atoms with Crippen LogP contribution in [0.4, 0.5) is 4.79 Å². The zero-order valence-corrected chi connectivity index (χ0v) is 13.7. The first-order valence-corrected chi connectivity index (χ1v) is 9.11. The number of carbonyl (C=O) groups excluding carboxylic acids is 2. The van der Waals surface area contributed by atoms with Gasteiger partial charge in [0.25, 0.3) is 0 Å². The molecule has 0 aromatic carbocycles. The Hall–Kier alpha value is -1.12. The molecule has 1 unspecified atom stereocenters. The van der Waals surface area contributed by atoms with Gasteiger partial charge in [0.1, 0.15) is 6.04 Å². The van der Waals surface area contributed by atoms with Crippen LogP contribution in [0.2, 0.25) is 0 Å². The predicted molar refractivity (Wildman–Crippen MR) is 81.8 cm³/mol. The second-order valence-electron chi connectivity index (χ2n) is 5.04. The molecule has 23 heavy (non-hydrogen) atoms. The topological polar surface area (TPSA) is 194 Å². The van der Waals surface area contributed by atoms with Crippen LogP contribution in [-0.2, 0) is 20.0 Å². The number of fused-ring (bicyclic) bond motifs is 1.